The minimum Gasteiger partial charge on any atom is -0.354 e. The van der Waals surface area contributed by atoms with E-state index in [1.54, 1.807) is 55.5 Å². The van der Waals surface area contributed by atoms with Crippen molar-refractivity contribution in [3.63, 3.8) is 0 Å². The third-order valence-electron chi connectivity index (χ3n) is 6.84. The van der Waals surface area contributed by atoms with Crippen LogP contribution in [0, 0.1) is 13.8 Å². The number of sulfonamides is 1. The van der Waals surface area contributed by atoms with Gasteiger partial charge in [0, 0.05) is 28.7 Å². The standard InChI is InChI=1S/C30H35Cl2N3O4S/c1-5-6-18-33-30(37)23(4)34(19-25-26(31)15-11-16-27(25)32)29(36)20-35(28-17-10-12-21(2)22(28)3)40(38,39)24-13-8-7-9-14-24/h7-17,23H,5-6,18-20H2,1-4H3,(H,33,37)/t23-/m0/s1. The van der Waals surface area contributed by atoms with Gasteiger partial charge in [0.05, 0.1) is 10.6 Å². The number of unbranched alkanes of at least 4 members (excludes halogenated alkanes) is 1. The van der Waals surface area contributed by atoms with Gasteiger partial charge in [0.15, 0.2) is 0 Å². The largest absolute Gasteiger partial charge is 0.354 e. The third kappa shape index (κ3) is 7.36. The molecule has 0 aromatic heterocycles. The maximum Gasteiger partial charge on any atom is 0.264 e. The second-order valence-corrected chi connectivity index (χ2v) is 12.3. The summed E-state index contributed by atoms with van der Waals surface area (Å²) in [5, 5.41) is 3.54. The quantitative estimate of drug-likeness (QED) is 0.252. The molecule has 0 spiro atoms. The van der Waals surface area contributed by atoms with Crippen molar-refractivity contribution in [2.45, 2.75) is 58.0 Å². The maximum atomic E-state index is 14.1. The number of carbonyl (C=O) groups is 2. The molecule has 0 bridgehead atoms. The summed E-state index contributed by atoms with van der Waals surface area (Å²) in [7, 11) is -4.14. The van der Waals surface area contributed by atoms with E-state index < -0.39 is 28.5 Å². The number of nitrogens with one attached hydrogen (secondary N) is 1. The second-order valence-electron chi connectivity index (χ2n) is 9.59. The molecular weight excluding hydrogens is 569 g/mol. The Bertz CT molecular complexity index is 1430. The van der Waals surface area contributed by atoms with Crippen LogP contribution in [-0.2, 0) is 26.2 Å². The fraction of sp³-hybridized carbons (Fsp3) is 0.333. The Labute approximate surface area is 247 Å². The number of aryl methyl sites for hydroxylation is 1. The molecule has 1 atom stereocenters. The molecule has 0 aliphatic carbocycles. The number of benzene rings is 3. The van der Waals surface area contributed by atoms with Crippen LogP contribution in [0.3, 0.4) is 0 Å². The number of amides is 2. The van der Waals surface area contributed by atoms with Crippen molar-refractivity contribution in [3.05, 3.63) is 93.5 Å². The molecule has 0 aliphatic heterocycles. The van der Waals surface area contributed by atoms with Gasteiger partial charge < -0.3 is 10.2 Å². The van der Waals surface area contributed by atoms with Crippen LogP contribution in [0.1, 0.15) is 43.4 Å². The molecule has 3 rings (SSSR count). The minimum atomic E-state index is -4.14. The Hall–Kier alpha value is -3.07. The van der Waals surface area contributed by atoms with E-state index in [0.29, 0.717) is 27.8 Å². The van der Waals surface area contributed by atoms with Gasteiger partial charge >= 0.3 is 0 Å². The molecule has 0 unspecified atom stereocenters. The van der Waals surface area contributed by atoms with Gasteiger partial charge in [0.2, 0.25) is 11.8 Å². The summed E-state index contributed by atoms with van der Waals surface area (Å²) in [6.07, 6.45) is 1.69. The van der Waals surface area contributed by atoms with Crippen LogP contribution < -0.4 is 9.62 Å². The van der Waals surface area contributed by atoms with Gasteiger partial charge in [-0.3, -0.25) is 13.9 Å². The highest BCUT2D eigenvalue weighted by Crippen LogP contribution is 2.30. The van der Waals surface area contributed by atoms with Gasteiger partial charge in [0.1, 0.15) is 12.6 Å². The molecule has 0 saturated carbocycles. The average molecular weight is 605 g/mol. The fourth-order valence-electron chi connectivity index (χ4n) is 4.21. The molecule has 2 amide bonds. The first-order valence-corrected chi connectivity index (χ1v) is 15.3. The van der Waals surface area contributed by atoms with E-state index in [2.05, 4.69) is 5.32 Å². The number of anilines is 1. The summed E-state index contributed by atoms with van der Waals surface area (Å²) in [6.45, 7) is 7.17. The van der Waals surface area contributed by atoms with E-state index in [1.165, 1.54) is 17.0 Å². The van der Waals surface area contributed by atoms with Crippen LogP contribution in [0.15, 0.2) is 71.6 Å². The normalized spacial score (nSPS) is 12.1. The summed E-state index contributed by atoms with van der Waals surface area (Å²) >= 11 is 12.9. The van der Waals surface area contributed by atoms with Gasteiger partial charge in [-0.05, 0) is 68.7 Å². The zero-order chi connectivity index (χ0) is 29.4. The number of halogens is 2. The zero-order valence-corrected chi connectivity index (χ0v) is 25.5. The highest BCUT2D eigenvalue weighted by molar-refractivity contribution is 7.92. The minimum absolute atomic E-state index is 0.0507. The molecule has 7 nitrogen and oxygen atoms in total. The number of hydrogen-bond donors (Lipinski definition) is 1. The van der Waals surface area contributed by atoms with E-state index in [0.717, 1.165) is 28.3 Å². The van der Waals surface area contributed by atoms with Crippen LogP contribution >= 0.6 is 23.2 Å². The van der Waals surface area contributed by atoms with Gasteiger partial charge in [-0.2, -0.15) is 0 Å². The molecule has 0 heterocycles. The Morgan fingerprint density at radius 1 is 0.925 bits per heavy atom. The molecule has 0 saturated heterocycles. The Balaban J connectivity index is 2.07. The van der Waals surface area contributed by atoms with Crippen molar-refractivity contribution >= 4 is 50.7 Å². The molecule has 40 heavy (non-hydrogen) atoms. The molecule has 0 radical (unpaired) electrons. The van der Waals surface area contributed by atoms with Crippen LogP contribution in [0.4, 0.5) is 5.69 Å². The first-order chi connectivity index (χ1) is 19.0. The van der Waals surface area contributed by atoms with Crippen molar-refractivity contribution in [3.8, 4) is 0 Å². The van der Waals surface area contributed by atoms with E-state index in [-0.39, 0.29) is 17.3 Å². The lowest BCUT2D eigenvalue weighted by atomic mass is 10.1. The number of nitrogens with zero attached hydrogens (tertiary/aromatic N) is 2. The smallest absolute Gasteiger partial charge is 0.264 e. The number of carbonyl (C=O) groups excluding carboxylic acids is 2. The number of rotatable bonds is 12. The lowest BCUT2D eigenvalue weighted by Gasteiger charge is -2.33. The van der Waals surface area contributed by atoms with Gasteiger partial charge in [-0.25, -0.2) is 8.42 Å². The van der Waals surface area contributed by atoms with Crippen LogP contribution in [0.25, 0.3) is 0 Å². The average Bonchev–Trinajstić information content (AvgIpc) is 2.93. The molecule has 3 aromatic carbocycles. The summed E-state index contributed by atoms with van der Waals surface area (Å²) in [6, 6.07) is 17.3. The van der Waals surface area contributed by atoms with E-state index in [1.807, 2.05) is 26.8 Å². The van der Waals surface area contributed by atoms with Crippen molar-refractivity contribution in [1.29, 1.82) is 0 Å². The van der Waals surface area contributed by atoms with E-state index in [4.69, 9.17) is 23.2 Å². The topological polar surface area (TPSA) is 86.8 Å². The molecular formula is C30H35Cl2N3O4S. The molecule has 214 valence electrons. The maximum absolute atomic E-state index is 14.1. The molecule has 1 N–H and O–H groups in total. The predicted octanol–water partition coefficient (Wildman–Crippen LogP) is 6.14. The van der Waals surface area contributed by atoms with E-state index >= 15 is 0 Å². The SMILES string of the molecule is CCCCNC(=O)[C@H](C)N(Cc1c(Cl)cccc1Cl)C(=O)CN(c1cccc(C)c1C)S(=O)(=O)c1ccccc1. The molecule has 10 heteroatoms. The molecule has 0 fully saturated rings. The second kappa shape index (κ2) is 14.0. The lowest BCUT2D eigenvalue weighted by molar-refractivity contribution is -0.139. The highest BCUT2D eigenvalue weighted by Gasteiger charge is 2.33. The van der Waals surface area contributed by atoms with Crippen molar-refractivity contribution < 1.29 is 18.0 Å². The zero-order valence-electron chi connectivity index (χ0n) is 23.2. The van der Waals surface area contributed by atoms with Crippen LogP contribution in [-0.4, -0.2) is 44.3 Å². The van der Waals surface area contributed by atoms with Gasteiger partial charge in [-0.1, -0.05) is 72.9 Å². The monoisotopic (exact) mass is 603 g/mol. The predicted molar refractivity (Wildman–Crippen MR) is 161 cm³/mol. The number of hydrogen-bond acceptors (Lipinski definition) is 4. The van der Waals surface area contributed by atoms with Gasteiger partial charge in [-0.15, -0.1) is 0 Å². The summed E-state index contributed by atoms with van der Waals surface area (Å²) in [5.41, 5.74) is 2.45. The lowest BCUT2D eigenvalue weighted by Crippen LogP contribution is -2.51. The highest BCUT2D eigenvalue weighted by atomic mass is 35.5. The fourth-order valence-corrected chi connectivity index (χ4v) is 6.22. The Morgan fingerprint density at radius 3 is 2.17 bits per heavy atom. The first kappa shape index (κ1) is 31.5. The third-order valence-corrected chi connectivity index (χ3v) is 9.32. The molecule has 0 aliphatic rings. The summed E-state index contributed by atoms with van der Waals surface area (Å²) in [5.74, 6) is -0.927. The summed E-state index contributed by atoms with van der Waals surface area (Å²) in [4.78, 5) is 28.5. The summed E-state index contributed by atoms with van der Waals surface area (Å²) < 4.78 is 29.0. The van der Waals surface area contributed by atoms with Crippen LogP contribution in [0.2, 0.25) is 10.0 Å². The van der Waals surface area contributed by atoms with Crippen molar-refractivity contribution in [2.75, 3.05) is 17.4 Å². The van der Waals surface area contributed by atoms with E-state index in [9.17, 15) is 18.0 Å². The van der Waals surface area contributed by atoms with Crippen molar-refractivity contribution in [2.24, 2.45) is 0 Å². The molecule has 3 aromatic rings. The van der Waals surface area contributed by atoms with Gasteiger partial charge in [0.25, 0.3) is 10.0 Å². The first-order valence-electron chi connectivity index (χ1n) is 13.1. The van der Waals surface area contributed by atoms with Crippen LogP contribution in [0.5, 0.6) is 0 Å². The van der Waals surface area contributed by atoms with Crippen molar-refractivity contribution in [1.82, 2.24) is 10.2 Å². The Morgan fingerprint density at radius 2 is 1.55 bits per heavy atom. The Kier molecular flexibility index (Phi) is 11.0.